The van der Waals surface area contributed by atoms with Crippen LogP contribution in [0.4, 0.5) is 5.69 Å². The number of methoxy groups -OCH3 is 1. The highest BCUT2D eigenvalue weighted by Crippen LogP contribution is 2.32. The maximum Gasteiger partial charge on any atom is 0.330 e. The number of sulfonamides is 1. The van der Waals surface area contributed by atoms with Gasteiger partial charge >= 0.3 is 5.97 Å². The van der Waals surface area contributed by atoms with Gasteiger partial charge < -0.3 is 9.47 Å². The van der Waals surface area contributed by atoms with Crippen LogP contribution in [0.2, 0.25) is 5.02 Å². The number of ether oxygens (including phenoxy) is 2. The maximum absolute atomic E-state index is 11.4. The molecule has 0 saturated carbocycles. The van der Waals surface area contributed by atoms with Gasteiger partial charge in [-0.3, -0.25) is 4.72 Å². The zero-order chi connectivity index (χ0) is 16.0. The Labute approximate surface area is 128 Å². The van der Waals surface area contributed by atoms with Crippen molar-refractivity contribution in [1.82, 2.24) is 0 Å². The minimum Gasteiger partial charge on any atom is -0.495 e. The summed E-state index contributed by atoms with van der Waals surface area (Å²) in [6.45, 7) is 1.94. The molecule has 0 spiro atoms. The van der Waals surface area contributed by atoms with E-state index in [2.05, 4.69) is 4.72 Å². The first-order valence-corrected chi connectivity index (χ1v) is 8.24. The molecule has 8 heteroatoms. The topological polar surface area (TPSA) is 81.7 Å². The second-order valence-corrected chi connectivity index (χ2v) is 6.19. The lowest BCUT2D eigenvalue weighted by Gasteiger charge is -2.11. The van der Waals surface area contributed by atoms with E-state index in [0.29, 0.717) is 11.3 Å². The fourth-order valence-electron chi connectivity index (χ4n) is 1.50. The summed E-state index contributed by atoms with van der Waals surface area (Å²) in [4.78, 5) is 11.3. The zero-order valence-electron chi connectivity index (χ0n) is 11.8. The molecular weight excluding hydrogens is 318 g/mol. The lowest BCUT2D eigenvalue weighted by atomic mass is 10.1. The van der Waals surface area contributed by atoms with Gasteiger partial charge in [-0.25, -0.2) is 13.2 Å². The highest BCUT2D eigenvalue weighted by molar-refractivity contribution is 7.92. The van der Waals surface area contributed by atoms with Crippen molar-refractivity contribution in [1.29, 1.82) is 0 Å². The number of rotatable bonds is 6. The number of anilines is 1. The van der Waals surface area contributed by atoms with Gasteiger partial charge in [0.25, 0.3) is 0 Å². The van der Waals surface area contributed by atoms with Crippen LogP contribution in [0.3, 0.4) is 0 Å². The molecular formula is C13H16ClNO5S. The van der Waals surface area contributed by atoms with Crippen molar-refractivity contribution in [3.05, 3.63) is 28.8 Å². The van der Waals surface area contributed by atoms with Crippen molar-refractivity contribution in [2.24, 2.45) is 0 Å². The first kappa shape index (κ1) is 17.3. The molecule has 0 unspecified atom stereocenters. The second kappa shape index (κ2) is 7.33. The number of hydrogen-bond acceptors (Lipinski definition) is 5. The van der Waals surface area contributed by atoms with E-state index >= 15 is 0 Å². The van der Waals surface area contributed by atoms with Gasteiger partial charge in [0.05, 0.1) is 30.7 Å². The summed E-state index contributed by atoms with van der Waals surface area (Å²) in [7, 11) is -2.05. The Hall–Kier alpha value is -1.73. The van der Waals surface area contributed by atoms with Crippen molar-refractivity contribution >= 4 is 39.4 Å². The first-order chi connectivity index (χ1) is 9.76. The minimum absolute atomic E-state index is 0.240. The van der Waals surface area contributed by atoms with Crippen LogP contribution in [-0.2, 0) is 19.6 Å². The highest BCUT2D eigenvalue weighted by Gasteiger charge is 2.11. The average Bonchev–Trinajstić information content (AvgIpc) is 2.36. The third kappa shape index (κ3) is 5.65. The van der Waals surface area contributed by atoms with E-state index in [1.165, 1.54) is 31.4 Å². The molecule has 0 aliphatic rings. The van der Waals surface area contributed by atoms with Crippen LogP contribution in [0.5, 0.6) is 5.75 Å². The summed E-state index contributed by atoms with van der Waals surface area (Å²) in [6, 6.07) is 2.93. The van der Waals surface area contributed by atoms with E-state index in [0.717, 1.165) is 6.26 Å². The molecule has 0 fully saturated rings. The fraction of sp³-hybridized carbons (Fsp3) is 0.308. The quantitative estimate of drug-likeness (QED) is 0.638. The Morgan fingerprint density at radius 2 is 2.10 bits per heavy atom. The third-order valence-corrected chi connectivity index (χ3v) is 3.19. The van der Waals surface area contributed by atoms with Crippen molar-refractivity contribution in [3.63, 3.8) is 0 Å². The number of carbonyl (C=O) groups excluding carboxylic acids is 1. The van der Waals surface area contributed by atoms with E-state index in [1.807, 2.05) is 0 Å². The smallest absolute Gasteiger partial charge is 0.330 e. The second-order valence-electron chi connectivity index (χ2n) is 4.03. The van der Waals surface area contributed by atoms with Crippen LogP contribution in [0.25, 0.3) is 6.08 Å². The molecule has 6 nitrogen and oxygen atoms in total. The van der Waals surface area contributed by atoms with Crippen molar-refractivity contribution in [3.8, 4) is 5.75 Å². The molecule has 0 amide bonds. The molecule has 0 aliphatic heterocycles. The number of halogens is 1. The van der Waals surface area contributed by atoms with E-state index < -0.39 is 16.0 Å². The van der Waals surface area contributed by atoms with Crippen LogP contribution in [0, 0.1) is 0 Å². The van der Waals surface area contributed by atoms with Crippen molar-refractivity contribution in [2.45, 2.75) is 6.92 Å². The zero-order valence-corrected chi connectivity index (χ0v) is 13.4. The standard InChI is InChI=1S/C13H16ClNO5S/c1-4-20-13(16)6-5-9-7-12(19-2)10(14)8-11(9)15-21(3,17)18/h5-8,15H,4H2,1-3H3. The SMILES string of the molecule is CCOC(=O)C=Cc1cc(OC)c(Cl)cc1NS(C)(=O)=O. The predicted octanol–water partition coefficient (Wildman–Crippen LogP) is 2.30. The molecule has 0 saturated heterocycles. The van der Waals surface area contributed by atoms with Crippen molar-refractivity contribution < 1.29 is 22.7 Å². The summed E-state index contributed by atoms with van der Waals surface area (Å²) in [6.07, 6.45) is 3.63. The van der Waals surface area contributed by atoms with E-state index in [-0.39, 0.29) is 17.3 Å². The molecule has 0 radical (unpaired) electrons. The van der Waals surface area contributed by atoms with Gasteiger partial charge in [0.1, 0.15) is 5.75 Å². The number of carbonyl (C=O) groups is 1. The lowest BCUT2D eigenvalue weighted by molar-refractivity contribution is -0.137. The van der Waals surface area contributed by atoms with Gasteiger partial charge in [-0.05, 0) is 25.1 Å². The summed E-state index contributed by atoms with van der Waals surface area (Å²) in [5.41, 5.74) is 0.665. The largest absolute Gasteiger partial charge is 0.495 e. The minimum atomic E-state index is -3.48. The first-order valence-electron chi connectivity index (χ1n) is 5.97. The van der Waals surface area contributed by atoms with Crippen LogP contribution in [-0.4, -0.2) is 34.4 Å². The Bertz CT molecular complexity index is 655. The molecule has 1 N–H and O–H groups in total. The average molecular weight is 334 g/mol. The highest BCUT2D eigenvalue weighted by atomic mass is 35.5. The van der Waals surface area contributed by atoms with Gasteiger partial charge in [-0.1, -0.05) is 11.6 Å². The third-order valence-electron chi connectivity index (χ3n) is 2.30. The molecule has 21 heavy (non-hydrogen) atoms. The van der Waals surface area contributed by atoms with Gasteiger partial charge in [0.15, 0.2) is 0 Å². The number of esters is 1. The van der Waals surface area contributed by atoms with Gasteiger partial charge in [-0.2, -0.15) is 0 Å². The molecule has 1 aromatic carbocycles. The predicted molar refractivity (Wildman–Crippen MR) is 82.1 cm³/mol. The molecule has 0 atom stereocenters. The Morgan fingerprint density at radius 1 is 1.43 bits per heavy atom. The Kier molecular flexibility index (Phi) is 6.04. The summed E-state index contributed by atoms with van der Waals surface area (Å²) < 4.78 is 34.9. The van der Waals surface area contributed by atoms with Gasteiger partial charge in [-0.15, -0.1) is 0 Å². The normalized spacial score (nSPS) is 11.4. The summed E-state index contributed by atoms with van der Waals surface area (Å²) in [5, 5.41) is 0.247. The molecule has 0 aliphatic carbocycles. The van der Waals surface area contributed by atoms with Gasteiger partial charge in [0.2, 0.25) is 10.0 Å². The molecule has 116 valence electrons. The molecule has 1 rings (SSSR count). The van der Waals surface area contributed by atoms with Crippen LogP contribution < -0.4 is 9.46 Å². The molecule has 0 aromatic heterocycles. The summed E-state index contributed by atoms with van der Waals surface area (Å²) in [5.74, 6) is -0.170. The molecule has 1 aromatic rings. The van der Waals surface area contributed by atoms with E-state index in [9.17, 15) is 13.2 Å². The van der Waals surface area contributed by atoms with Crippen LogP contribution >= 0.6 is 11.6 Å². The number of benzene rings is 1. The van der Waals surface area contributed by atoms with Gasteiger partial charge in [0, 0.05) is 11.6 Å². The van der Waals surface area contributed by atoms with Crippen LogP contribution in [0.1, 0.15) is 12.5 Å². The maximum atomic E-state index is 11.4. The summed E-state index contributed by atoms with van der Waals surface area (Å²) >= 11 is 5.97. The van der Waals surface area contributed by atoms with Crippen LogP contribution in [0.15, 0.2) is 18.2 Å². The van der Waals surface area contributed by atoms with E-state index in [1.54, 1.807) is 6.92 Å². The molecule has 0 heterocycles. The number of nitrogens with one attached hydrogen (secondary N) is 1. The monoisotopic (exact) mass is 333 g/mol. The number of hydrogen-bond donors (Lipinski definition) is 1. The Balaban J connectivity index is 3.22. The lowest BCUT2D eigenvalue weighted by Crippen LogP contribution is -2.10. The molecule has 0 bridgehead atoms. The van der Waals surface area contributed by atoms with E-state index in [4.69, 9.17) is 21.1 Å². The Morgan fingerprint density at radius 3 is 2.62 bits per heavy atom. The fourth-order valence-corrected chi connectivity index (χ4v) is 2.32. The van der Waals surface area contributed by atoms with Crippen molar-refractivity contribution in [2.75, 3.05) is 24.7 Å².